The fourth-order valence-corrected chi connectivity index (χ4v) is 2.05. The Morgan fingerprint density at radius 2 is 1.86 bits per heavy atom. The second-order valence-electron chi connectivity index (χ2n) is 5.22. The molecule has 0 saturated heterocycles. The number of amides is 1. The second-order valence-corrected chi connectivity index (χ2v) is 5.22. The van der Waals surface area contributed by atoms with E-state index in [1.165, 1.54) is 5.56 Å². The predicted molar refractivity (Wildman–Crippen MR) is 90.6 cm³/mol. The fourth-order valence-electron chi connectivity index (χ4n) is 2.05. The van der Waals surface area contributed by atoms with Crippen molar-refractivity contribution >= 4 is 17.4 Å². The second kappa shape index (κ2) is 8.17. The standard InChI is InChI=1S/C18H23N3O/c1-3-5-12-19-18(22)15-8-11-17(20-13-15)21-16-9-6-14(4-2)7-10-16/h6-11,13H,3-5,12H2,1-2H3,(H,19,22)(H,20,21). The Morgan fingerprint density at radius 1 is 1.09 bits per heavy atom. The van der Waals surface area contributed by atoms with Crippen LogP contribution in [0.5, 0.6) is 0 Å². The maximum atomic E-state index is 11.9. The lowest BCUT2D eigenvalue weighted by atomic mass is 10.1. The fraction of sp³-hybridized carbons (Fsp3) is 0.333. The lowest BCUT2D eigenvalue weighted by molar-refractivity contribution is 0.0953. The number of pyridine rings is 1. The van der Waals surface area contributed by atoms with Gasteiger partial charge in [0, 0.05) is 18.4 Å². The first-order valence-corrected chi connectivity index (χ1v) is 7.83. The van der Waals surface area contributed by atoms with Crippen LogP contribution in [0.3, 0.4) is 0 Å². The number of hydrogen-bond acceptors (Lipinski definition) is 3. The van der Waals surface area contributed by atoms with Crippen LogP contribution >= 0.6 is 0 Å². The van der Waals surface area contributed by atoms with Gasteiger partial charge in [0.25, 0.3) is 5.91 Å². The molecule has 1 heterocycles. The molecular weight excluding hydrogens is 274 g/mol. The molecule has 0 aliphatic heterocycles. The zero-order valence-corrected chi connectivity index (χ0v) is 13.2. The third-order valence-electron chi connectivity index (χ3n) is 3.48. The van der Waals surface area contributed by atoms with Crippen LogP contribution in [-0.4, -0.2) is 17.4 Å². The van der Waals surface area contributed by atoms with E-state index in [0.717, 1.165) is 30.8 Å². The normalized spacial score (nSPS) is 10.3. The van der Waals surface area contributed by atoms with Crippen molar-refractivity contribution in [2.45, 2.75) is 33.1 Å². The van der Waals surface area contributed by atoms with Gasteiger partial charge >= 0.3 is 0 Å². The lowest BCUT2D eigenvalue weighted by Gasteiger charge is -2.08. The average molecular weight is 297 g/mol. The number of unbranched alkanes of at least 4 members (excludes halogenated alkanes) is 1. The first kappa shape index (κ1) is 16.0. The number of aromatic nitrogens is 1. The molecule has 0 spiro atoms. The number of carbonyl (C=O) groups excluding carboxylic acids is 1. The molecule has 1 aromatic carbocycles. The van der Waals surface area contributed by atoms with Gasteiger partial charge in [0.05, 0.1) is 5.56 Å². The van der Waals surface area contributed by atoms with E-state index in [-0.39, 0.29) is 5.91 Å². The van der Waals surface area contributed by atoms with Gasteiger partial charge in [0.1, 0.15) is 5.82 Å². The molecule has 4 heteroatoms. The van der Waals surface area contributed by atoms with Crippen molar-refractivity contribution in [2.75, 3.05) is 11.9 Å². The summed E-state index contributed by atoms with van der Waals surface area (Å²) in [5.41, 5.74) is 2.88. The largest absolute Gasteiger partial charge is 0.352 e. The number of benzene rings is 1. The van der Waals surface area contributed by atoms with E-state index in [1.54, 1.807) is 12.3 Å². The third-order valence-corrected chi connectivity index (χ3v) is 3.48. The Hall–Kier alpha value is -2.36. The molecule has 0 aliphatic rings. The summed E-state index contributed by atoms with van der Waals surface area (Å²) in [5.74, 6) is 0.661. The SMILES string of the molecule is CCCCNC(=O)c1ccc(Nc2ccc(CC)cc2)nc1. The summed E-state index contributed by atoms with van der Waals surface area (Å²) in [6.07, 6.45) is 4.69. The van der Waals surface area contributed by atoms with Crippen LogP contribution < -0.4 is 10.6 Å². The maximum absolute atomic E-state index is 11.9. The van der Waals surface area contributed by atoms with Crippen LogP contribution in [0.2, 0.25) is 0 Å². The van der Waals surface area contributed by atoms with E-state index in [2.05, 4.69) is 41.6 Å². The summed E-state index contributed by atoms with van der Waals surface area (Å²) >= 11 is 0. The van der Waals surface area contributed by atoms with Gasteiger partial charge in [0.15, 0.2) is 0 Å². The summed E-state index contributed by atoms with van der Waals surface area (Å²) in [7, 11) is 0. The van der Waals surface area contributed by atoms with E-state index >= 15 is 0 Å². The summed E-state index contributed by atoms with van der Waals surface area (Å²) in [6, 6.07) is 11.9. The average Bonchev–Trinajstić information content (AvgIpc) is 2.56. The molecule has 0 fully saturated rings. The predicted octanol–water partition coefficient (Wildman–Crippen LogP) is 3.92. The molecule has 0 radical (unpaired) electrons. The van der Waals surface area contributed by atoms with E-state index in [9.17, 15) is 4.79 Å². The molecule has 2 rings (SSSR count). The molecule has 22 heavy (non-hydrogen) atoms. The number of nitrogens with zero attached hydrogens (tertiary/aromatic N) is 1. The van der Waals surface area contributed by atoms with E-state index < -0.39 is 0 Å². The Balaban J connectivity index is 1.94. The molecule has 1 amide bonds. The molecule has 1 aromatic heterocycles. The van der Waals surface area contributed by atoms with Crippen LogP contribution in [0, 0.1) is 0 Å². The van der Waals surface area contributed by atoms with Gasteiger partial charge in [-0.15, -0.1) is 0 Å². The molecular formula is C18H23N3O. The highest BCUT2D eigenvalue weighted by Gasteiger charge is 2.05. The summed E-state index contributed by atoms with van der Waals surface area (Å²) in [5, 5.41) is 6.11. The van der Waals surface area contributed by atoms with E-state index in [1.807, 2.05) is 18.2 Å². The lowest BCUT2D eigenvalue weighted by Crippen LogP contribution is -2.24. The van der Waals surface area contributed by atoms with Gasteiger partial charge in [-0.25, -0.2) is 4.98 Å². The highest BCUT2D eigenvalue weighted by Crippen LogP contribution is 2.15. The minimum Gasteiger partial charge on any atom is -0.352 e. The van der Waals surface area contributed by atoms with Crippen molar-refractivity contribution in [2.24, 2.45) is 0 Å². The van der Waals surface area contributed by atoms with Gasteiger partial charge in [0.2, 0.25) is 0 Å². The van der Waals surface area contributed by atoms with Gasteiger partial charge in [-0.1, -0.05) is 32.4 Å². The quantitative estimate of drug-likeness (QED) is 0.762. The van der Waals surface area contributed by atoms with Gasteiger partial charge in [-0.05, 0) is 42.7 Å². The number of anilines is 2. The molecule has 0 aliphatic carbocycles. The molecule has 4 nitrogen and oxygen atoms in total. The molecule has 2 N–H and O–H groups in total. The van der Waals surface area contributed by atoms with Crippen LogP contribution in [0.15, 0.2) is 42.6 Å². The topological polar surface area (TPSA) is 54.0 Å². The first-order valence-electron chi connectivity index (χ1n) is 7.83. The molecule has 2 aromatic rings. The molecule has 0 saturated carbocycles. The summed E-state index contributed by atoms with van der Waals surface area (Å²) in [6.45, 7) is 4.94. The minimum atomic E-state index is -0.0696. The Morgan fingerprint density at radius 3 is 2.45 bits per heavy atom. The van der Waals surface area contributed by atoms with Crippen LogP contribution in [0.1, 0.15) is 42.6 Å². The van der Waals surface area contributed by atoms with Crippen molar-refractivity contribution in [3.05, 3.63) is 53.7 Å². The third kappa shape index (κ3) is 4.58. The van der Waals surface area contributed by atoms with Crippen molar-refractivity contribution in [3.8, 4) is 0 Å². The number of aryl methyl sites for hydroxylation is 1. The van der Waals surface area contributed by atoms with Crippen LogP contribution in [-0.2, 0) is 6.42 Å². The number of carbonyl (C=O) groups is 1. The van der Waals surface area contributed by atoms with E-state index in [4.69, 9.17) is 0 Å². The summed E-state index contributed by atoms with van der Waals surface area (Å²) in [4.78, 5) is 16.2. The zero-order valence-electron chi connectivity index (χ0n) is 13.2. The summed E-state index contributed by atoms with van der Waals surface area (Å²) < 4.78 is 0. The van der Waals surface area contributed by atoms with Crippen molar-refractivity contribution in [1.82, 2.24) is 10.3 Å². The van der Waals surface area contributed by atoms with E-state index in [0.29, 0.717) is 12.1 Å². The number of rotatable bonds is 7. The number of nitrogens with one attached hydrogen (secondary N) is 2. The van der Waals surface area contributed by atoms with Gasteiger partial charge in [-0.2, -0.15) is 0 Å². The zero-order chi connectivity index (χ0) is 15.8. The Bertz CT molecular complexity index is 591. The number of hydrogen-bond donors (Lipinski definition) is 2. The first-order chi connectivity index (χ1) is 10.7. The minimum absolute atomic E-state index is 0.0696. The van der Waals surface area contributed by atoms with Crippen LogP contribution in [0.4, 0.5) is 11.5 Å². The van der Waals surface area contributed by atoms with Gasteiger partial charge < -0.3 is 10.6 Å². The molecule has 0 bridgehead atoms. The van der Waals surface area contributed by atoms with Crippen LogP contribution in [0.25, 0.3) is 0 Å². The highest BCUT2D eigenvalue weighted by molar-refractivity contribution is 5.94. The Labute approximate surface area is 132 Å². The smallest absolute Gasteiger partial charge is 0.252 e. The Kier molecular flexibility index (Phi) is 5.95. The highest BCUT2D eigenvalue weighted by atomic mass is 16.1. The maximum Gasteiger partial charge on any atom is 0.252 e. The molecule has 116 valence electrons. The van der Waals surface area contributed by atoms with Crippen molar-refractivity contribution in [3.63, 3.8) is 0 Å². The van der Waals surface area contributed by atoms with Crippen molar-refractivity contribution < 1.29 is 4.79 Å². The molecule has 0 unspecified atom stereocenters. The monoisotopic (exact) mass is 297 g/mol. The van der Waals surface area contributed by atoms with Gasteiger partial charge in [-0.3, -0.25) is 4.79 Å². The molecule has 0 atom stereocenters. The van der Waals surface area contributed by atoms with Crippen molar-refractivity contribution in [1.29, 1.82) is 0 Å².